The highest BCUT2D eigenvalue weighted by molar-refractivity contribution is 14.0. The Kier molecular flexibility index (Phi) is 9.66. The Morgan fingerprint density at radius 2 is 1.96 bits per heavy atom. The zero-order chi connectivity index (χ0) is 16.7. The third-order valence-corrected chi connectivity index (χ3v) is 4.92. The van der Waals surface area contributed by atoms with Crippen LogP contribution in [0.5, 0.6) is 0 Å². The number of guanidine groups is 1. The molecule has 1 aromatic carbocycles. The van der Waals surface area contributed by atoms with Gasteiger partial charge in [-0.25, -0.2) is 0 Å². The number of hydrogen-bond acceptors (Lipinski definition) is 2. The Balaban J connectivity index is 0.00000288. The summed E-state index contributed by atoms with van der Waals surface area (Å²) < 4.78 is 0. The lowest BCUT2D eigenvalue weighted by Gasteiger charge is -2.29. The lowest BCUT2D eigenvalue weighted by Crippen LogP contribution is -2.40. The fourth-order valence-electron chi connectivity index (χ4n) is 3.24. The lowest BCUT2D eigenvalue weighted by atomic mass is 9.94. The first-order valence-electron chi connectivity index (χ1n) is 8.75. The number of aryl methyl sites for hydroxylation is 1. The summed E-state index contributed by atoms with van der Waals surface area (Å²) >= 11 is 0. The molecule has 0 aliphatic carbocycles. The lowest BCUT2D eigenvalue weighted by molar-refractivity contribution is 0.212. The van der Waals surface area contributed by atoms with Crippen molar-refractivity contribution in [1.82, 2.24) is 15.1 Å². The van der Waals surface area contributed by atoms with E-state index < -0.39 is 0 Å². The summed E-state index contributed by atoms with van der Waals surface area (Å²) in [5.41, 5.74) is 2.69. The molecule has 1 heterocycles. The molecule has 0 amide bonds. The van der Waals surface area contributed by atoms with E-state index in [-0.39, 0.29) is 24.0 Å². The van der Waals surface area contributed by atoms with Gasteiger partial charge < -0.3 is 15.1 Å². The van der Waals surface area contributed by atoms with Gasteiger partial charge in [-0.15, -0.1) is 24.0 Å². The second kappa shape index (κ2) is 10.9. The summed E-state index contributed by atoms with van der Waals surface area (Å²) in [6.07, 6.45) is 3.90. The van der Waals surface area contributed by atoms with Crippen LogP contribution in [0.2, 0.25) is 0 Å². The molecule has 0 bridgehead atoms. The SMILES string of the molecule is CN=C(NCCC1CCN(C)CC1)N(C)Cc1ccccc1C.I. The number of benzene rings is 1. The zero-order valence-corrected chi connectivity index (χ0v) is 17.9. The van der Waals surface area contributed by atoms with Crippen LogP contribution in [0.15, 0.2) is 29.3 Å². The Labute approximate surface area is 164 Å². The Morgan fingerprint density at radius 1 is 1.29 bits per heavy atom. The topological polar surface area (TPSA) is 30.9 Å². The molecular formula is C19H33IN4. The summed E-state index contributed by atoms with van der Waals surface area (Å²) in [7, 11) is 6.19. The minimum atomic E-state index is 0. The highest BCUT2D eigenvalue weighted by Crippen LogP contribution is 2.18. The number of hydrogen-bond donors (Lipinski definition) is 1. The quantitative estimate of drug-likeness (QED) is 0.430. The molecule has 1 saturated heterocycles. The van der Waals surface area contributed by atoms with Crippen LogP contribution in [0.25, 0.3) is 0 Å². The van der Waals surface area contributed by atoms with Crippen LogP contribution in [0.3, 0.4) is 0 Å². The maximum absolute atomic E-state index is 4.43. The van der Waals surface area contributed by atoms with Crippen LogP contribution in [-0.4, -0.2) is 56.5 Å². The minimum absolute atomic E-state index is 0. The first-order chi connectivity index (χ1) is 11.1. The van der Waals surface area contributed by atoms with E-state index in [4.69, 9.17) is 0 Å². The third-order valence-electron chi connectivity index (χ3n) is 4.92. The summed E-state index contributed by atoms with van der Waals surface area (Å²) in [5.74, 6) is 1.85. The van der Waals surface area contributed by atoms with Gasteiger partial charge in [-0.3, -0.25) is 4.99 Å². The maximum Gasteiger partial charge on any atom is 0.193 e. The number of halogens is 1. The predicted octanol–water partition coefficient (Wildman–Crippen LogP) is 3.35. The molecule has 0 atom stereocenters. The molecule has 0 unspecified atom stereocenters. The summed E-state index contributed by atoms with van der Waals surface area (Å²) in [5, 5.41) is 3.53. The minimum Gasteiger partial charge on any atom is -0.356 e. The van der Waals surface area contributed by atoms with Crippen LogP contribution >= 0.6 is 24.0 Å². The average molecular weight is 444 g/mol. The molecule has 0 spiro atoms. The molecule has 1 aromatic rings. The molecule has 0 aromatic heterocycles. The smallest absolute Gasteiger partial charge is 0.193 e. The van der Waals surface area contributed by atoms with Crippen LogP contribution in [0.4, 0.5) is 0 Å². The number of aliphatic imine (C=N–C) groups is 1. The molecule has 1 fully saturated rings. The highest BCUT2D eigenvalue weighted by atomic mass is 127. The summed E-state index contributed by atoms with van der Waals surface area (Å²) in [6.45, 7) is 6.55. The van der Waals surface area contributed by atoms with E-state index in [2.05, 4.69) is 65.4 Å². The fourth-order valence-corrected chi connectivity index (χ4v) is 3.24. The van der Waals surface area contributed by atoms with E-state index in [1.807, 2.05) is 7.05 Å². The van der Waals surface area contributed by atoms with Crippen LogP contribution < -0.4 is 5.32 Å². The van der Waals surface area contributed by atoms with E-state index in [0.29, 0.717) is 0 Å². The van der Waals surface area contributed by atoms with E-state index >= 15 is 0 Å². The maximum atomic E-state index is 4.43. The number of rotatable bonds is 5. The number of likely N-dealkylation sites (tertiary alicyclic amines) is 1. The van der Waals surface area contributed by atoms with Crippen molar-refractivity contribution in [1.29, 1.82) is 0 Å². The first-order valence-corrected chi connectivity index (χ1v) is 8.75. The fraction of sp³-hybridized carbons (Fsp3) is 0.632. The van der Waals surface area contributed by atoms with E-state index in [9.17, 15) is 0 Å². The first kappa shape index (κ1) is 21.2. The van der Waals surface area contributed by atoms with Crippen molar-refractivity contribution in [3.8, 4) is 0 Å². The third kappa shape index (κ3) is 6.59. The van der Waals surface area contributed by atoms with Gasteiger partial charge in [-0.1, -0.05) is 24.3 Å². The van der Waals surface area contributed by atoms with Crippen molar-refractivity contribution in [3.05, 3.63) is 35.4 Å². The van der Waals surface area contributed by atoms with Crippen molar-refractivity contribution in [2.75, 3.05) is 40.8 Å². The molecule has 1 N–H and O–H groups in total. The van der Waals surface area contributed by atoms with Gasteiger partial charge in [0.2, 0.25) is 0 Å². The average Bonchev–Trinajstić information content (AvgIpc) is 2.55. The van der Waals surface area contributed by atoms with Crippen LogP contribution in [0.1, 0.15) is 30.4 Å². The van der Waals surface area contributed by atoms with E-state index in [0.717, 1.165) is 25.0 Å². The van der Waals surface area contributed by atoms with Crippen molar-refractivity contribution in [2.45, 2.75) is 32.7 Å². The van der Waals surface area contributed by atoms with Gasteiger partial charge in [0.25, 0.3) is 0 Å². The number of nitrogens with zero attached hydrogens (tertiary/aromatic N) is 3. The highest BCUT2D eigenvalue weighted by Gasteiger charge is 2.16. The predicted molar refractivity (Wildman–Crippen MR) is 114 cm³/mol. The van der Waals surface area contributed by atoms with Gasteiger partial charge >= 0.3 is 0 Å². The molecule has 136 valence electrons. The van der Waals surface area contributed by atoms with Crippen molar-refractivity contribution >= 4 is 29.9 Å². The molecule has 2 rings (SSSR count). The molecule has 1 aliphatic rings. The summed E-state index contributed by atoms with van der Waals surface area (Å²) in [4.78, 5) is 9.07. The second-order valence-corrected chi connectivity index (χ2v) is 6.79. The van der Waals surface area contributed by atoms with Gasteiger partial charge in [0.05, 0.1) is 0 Å². The molecule has 1 aliphatic heterocycles. The van der Waals surface area contributed by atoms with Gasteiger partial charge in [0.15, 0.2) is 5.96 Å². The van der Waals surface area contributed by atoms with Crippen LogP contribution in [-0.2, 0) is 6.54 Å². The monoisotopic (exact) mass is 444 g/mol. The molecule has 0 saturated carbocycles. The Bertz CT molecular complexity index is 510. The van der Waals surface area contributed by atoms with Gasteiger partial charge in [-0.2, -0.15) is 0 Å². The van der Waals surface area contributed by atoms with Crippen molar-refractivity contribution < 1.29 is 0 Å². The zero-order valence-electron chi connectivity index (χ0n) is 15.6. The Morgan fingerprint density at radius 3 is 2.58 bits per heavy atom. The van der Waals surface area contributed by atoms with Gasteiger partial charge in [0.1, 0.15) is 0 Å². The standard InChI is InChI=1S/C19H32N4.HI/c1-16-7-5-6-8-18(16)15-23(4)19(20-2)21-12-9-17-10-13-22(3)14-11-17;/h5-8,17H,9-15H2,1-4H3,(H,20,21);1H. The van der Waals surface area contributed by atoms with E-state index in [1.165, 1.54) is 43.5 Å². The van der Waals surface area contributed by atoms with Crippen molar-refractivity contribution in [2.24, 2.45) is 10.9 Å². The Hall–Kier alpha value is -0.820. The molecule has 5 heteroatoms. The van der Waals surface area contributed by atoms with Crippen LogP contribution in [0, 0.1) is 12.8 Å². The van der Waals surface area contributed by atoms with E-state index in [1.54, 1.807) is 0 Å². The summed E-state index contributed by atoms with van der Waals surface area (Å²) in [6, 6.07) is 8.55. The normalized spacial score (nSPS) is 16.6. The van der Waals surface area contributed by atoms with Gasteiger partial charge in [0, 0.05) is 27.2 Å². The van der Waals surface area contributed by atoms with Crippen molar-refractivity contribution in [3.63, 3.8) is 0 Å². The number of nitrogens with one attached hydrogen (secondary N) is 1. The largest absolute Gasteiger partial charge is 0.356 e. The van der Waals surface area contributed by atoms with Gasteiger partial charge in [-0.05, 0) is 63.4 Å². The molecule has 0 radical (unpaired) electrons. The number of piperidine rings is 1. The molecule has 24 heavy (non-hydrogen) atoms. The molecule has 4 nitrogen and oxygen atoms in total. The second-order valence-electron chi connectivity index (χ2n) is 6.79. The molecular weight excluding hydrogens is 411 g/mol.